The van der Waals surface area contributed by atoms with E-state index < -0.39 is 6.10 Å². The smallest absolute Gasteiger partial charge is 0.306 e. The molecule has 0 aromatic heterocycles. The summed E-state index contributed by atoms with van der Waals surface area (Å²) in [6.07, 6.45) is 77.5. The van der Waals surface area contributed by atoms with Gasteiger partial charge in [0.1, 0.15) is 13.2 Å². The lowest BCUT2D eigenvalue weighted by Crippen LogP contribution is -2.30. The summed E-state index contributed by atoms with van der Waals surface area (Å²) in [6.45, 7) is 6.64. The summed E-state index contributed by atoms with van der Waals surface area (Å²) < 4.78 is 16.9. The van der Waals surface area contributed by atoms with Gasteiger partial charge in [0.2, 0.25) is 0 Å². The predicted octanol–water partition coefficient (Wildman–Crippen LogP) is 22.4. The number of rotatable bonds is 61. The van der Waals surface area contributed by atoms with Gasteiger partial charge in [0.05, 0.1) is 0 Å². The van der Waals surface area contributed by atoms with Crippen LogP contribution in [0.2, 0.25) is 0 Å². The number of allylic oxidation sites excluding steroid dienone is 6. The average molecular weight is 1040 g/mol. The number of hydrogen-bond donors (Lipinski definition) is 0. The van der Waals surface area contributed by atoms with Crippen LogP contribution in [-0.2, 0) is 28.6 Å². The molecule has 0 radical (unpaired) electrons. The van der Waals surface area contributed by atoms with Crippen LogP contribution in [0.3, 0.4) is 0 Å². The predicted molar refractivity (Wildman–Crippen MR) is 321 cm³/mol. The van der Waals surface area contributed by atoms with Crippen molar-refractivity contribution in [2.75, 3.05) is 13.2 Å². The van der Waals surface area contributed by atoms with Gasteiger partial charge in [0.25, 0.3) is 0 Å². The minimum Gasteiger partial charge on any atom is -0.462 e. The third kappa shape index (κ3) is 60.5. The molecule has 74 heavy (non-hydrogen) atoms. The summed E-state index contributed by atoms with van der Waals surface area (Å²) in [6, 6.07) is 0. The maximum atomic E-state index is 12.9. The van der Waals surface area contributed by atoms with E-state index in [0.717, 1.165) is 64.2 Å². The number of unbranched alkanes of at least 4 members (excludes halogenated alkanes) is 44. The minimum absolute atomic E-state index is 0.0693. The van der Waals surface area contributed by atoms with E-state index in [1.54, 1.807) is 0 Å². The lowest BCUT2D eigenvalue weighted by atomic mass is 10.0. The summed E-state index contributed by atoms with van der Waals surface area (Å²) in [5, 5.41) is 0. The fourth-order valence-electron chi connectivity index (χ4n) is 9.88. The Morgan fingerprint density at radius 2 is 0.486 bits per heavy atom. The summed E-state index contributed by atoms with van der Waals surface area (Å²) in [5.74, 6) is -0.856. The Balaban J connectivity index is 4.07. The number of hydrogen-bond acceptors (Lipinski definition) is 6. The van der Waals surface area contributed by atoms with E-state index >= 15 is 0 Å². The van der Waals surface area contributed by atoms with E-state index in [-0.39, 0.29) is 31.1 Å². The van der Waals surface area contributed by atoms with Gasteiger partial charge in [0, 0.05) is 19.3 Å². The second-order valence-corrected chi connectivity index (χ2v) is 22.4. The van der Waals surface area contributed by atoms with Crippen LogP contribution >= 0.6 is 0 Å². The van der Waals surface area contributed by atoms with Crippen LogP contribution in [0.5, 0.6) is 0 Å². The van der Waals surface area contributed by atoms with Crippen LogP contribution in [-0.4, -0.2) is 37.2 Å². The Morgan fingerprint density at radius 3 is 0.784 bits per heavy atom. The molecule has 0 rings (SSSR count). The Kier molecular flexibility index (Phi) is 61.1. The van der Waals surface area contributed by atoms with Crippen molar-refractivity contribution in [3.8, 4) is 0 Å². The molecule has 0 aliphatic heterocycles. The van der Waals surface area contributed by atoms with E-state index in [2.05, 4.69) is 57.2 Å². The molecule has 1 atom stereocenters. The minimum atomic E-state index is -0.770. The van der Waals surface area contributed by atoms with Gasteiger partial charge in [-0.05, 0) is 77.0 Å². The molecule has 0 fully saturated rings. The monoisotopic (exact) mass is 1040 g/mol. The summed E-state index contributed by atoms with van der Waals surface area (Å²) in [5.41, 5.74) is 0. The quantitative estimate of drug-likeness (QED) is 0.0261. The molecule has 0 saturated carbocycles. The molecule has 0 aliphatic rings. The highest BCUT2D eigenvalue weighted by Gasteiger charge is 2.19. The van der Waals surface area contributed by atoms with Crippen molar-refractivity contribution in [3.05, 3.63) is 36.5 Å². The highest BCUT2D eigenvalue weighted by molar-refractivity contribution is 5.71. The number of carbonyl (C=O) groups excluding carboxylic acids is 3. The molecule has 0 saturated heterocycles. The van der Waals surface area contributed by atoms with E-state index in [4.69, 9.17) is 14.2 Å². The van der Waals surface area contributed by atoms with Gasteiger partial charge >= 0.3 is 17.9 Å². The van der Waals surface area contributed by atoms with Crippen molar-refractivity contribution in [2.45, 2.75) is 367 Å². The van der Waals surface area contributed by atoms with E-state index in [9.17, 15) is 14.4 Å². The molecule has 6 heteroatoms. The van der Waals surface area contributed by atoms with E-state index in [1.807, 2.05) is 0 Å². The molecule has 0 bridgehead atoms. The van der Waals surface area contributed by atoms with Crippen LogP contribution in [0.15, 0.2) is 36.5 Å². The maximum absolute atomic E-state index is 12.9. The van der Waals surface area contributed by atoms with E-state index in [1.165, 1.54) is 257 Å². The third-order valence-corrected chi connectivity index (χ3v) is 14.9. The van der Waals surface area contributed by atoms with Gasteiger partial charge in [-0.2, -0.15) is 0 Å². The van der Waals surface area contributed by atoms with Crippen molar-refractivity contribution >= 4 is 17.9 Å². The van der Waals surface area contributed by atoms with Gasteiger partial charge in [-0.1, -0.05) is 301 Å². The first-order chi connectivity index (χ1) is 36.5. The van der Waals surface area contributed by atoms with Gasteiger partial charge in [-0.25, -0.2) is 0 Å². The molecule has 1 unspecified atom stereocenters. The van der Waals surface area contributed by atoms with Crippen molar-refractivity contribution < 1.29 is 28.6 Å². The Morgan fingerprint density at radius 1 is 0.270 bits per heavy atom. The summed E-state index contributed by atoms with van der Waals surface area (Å²) in [7, 11) is 0. The summed E-state index contributed by atoms with van der Waals surface area (Å²) >= 11 is 0. The SMILES string of the molecule is CCCCC/C=C\C/C=C\CCCCCCCCCCCC(=O)OC(COC(=O)CCCCCCCCCC)COC(=O)CCCCCCCCCCCCCCCCCCC/C=C\CCCCCCCCCC. The fourth-order valence-corrected chi connectivity index (χ4v) is 9.88. The maximum Gasteiger partial charge on any atom is 0.306 e. The van der Waals surface area contributed by atoms with Crippen molar-refractivity contribution in [2.24, 2.45) is 0 Å². The average Bonchev–Trinajstić information content (AvgIpc) is 3.40. The Bertz CT molecular complexity index is 1240. The normalized spacial score (nSPS) is 12.2. The summed E-state index contributed by atoms with van der Waals surface area (Å²) in [4.78, 5) is 38.1. The first kappa shape index (κ1) is 71.6. The van der Waals surface area contributed by atoms with Crippen LogP contribution < -0.4 is 0 Å². The van der Waals surface area contributed by atoms with Gasteiger partial charge in [-0.3, -0.25) is 14.4 Å². The molecule has 0 aromatic rings. The largest absolute Gasteiger partial charge is 0.462 e. The highest BCUT2D eigenvalue weighted by Crippen LogP contribution is 2.18. The lowest BCUT2D eigenvalue weighted by Gasteiger charge is -2.18. The molecule has 0 N–H and O–H groups in total. The molecular weight excluding hydrogens is 913 g/mol. The van der Waals surface area contributed by atoms with Crippen LogP contribution in [0.4, 0.5) is 0 Å². The standard InChI is InChI=1S/C68H126O6/c1-4-7-10-13-16-19-21-23-25-27-29-30-31-32-33-34-35-36-37-38-40-41-43-45-47-49-52-55-58-61-67(70)73-64-65(63-72-66(69)60-57-54-51-18-15-12-9-6-3)74-68(71)62-59-56-53-50-48-46-44-42-39-28-26-24-22-20-17-14-11-8-5-2/h17,20,24,26-27,29,65H,4-16,18-19,21-23,25,28,30-64H2,1-3H3/b20-17-,26-24-,29-27-. The molecular formula is C68H126O6. The fraction of sp³-hybridized carbons (Fsp3) is 0.868. The Hall–Kier alpha value is -2.37. The Labute approximate surface area is 461 Å². The van der Waals surface area contributed by atoms with Crippen molar-refractivity contribution in [3.63, 3.8) is 0 Å². The second-order valence-electron chi connectivity index (χ2n) is 22.4. The molecule has 0 amide bonds. The van der Waals surface area contributed by atoms with Gasteiger partial charge in [-0.15, -0.1) is 0 Å². The molecule has 0 aromatic carbocycles. The molecule has 0 spiro atoms. The first-order valence-corrected chi connectivity index (χ1v) is 33.0. The lowest BCUT2D eigenvalue weighted by molar-refractivity contribution is -0.167. The number of carbonyl (C=O) groups is 3. The molecule has 6 nitrogen and oxygen atoms in total. The molecule has 434 valence electrons. The zero-order valence-corrected chi connectivity index (χ0v) is 49.9. The third-order valence-electron chi connectivity index (χ3n) is 14.9. The van der Waals surface area contributed by atoms with E-state index in [0.29, 0.717) is 19.3 Å². The zero-order chi connectivity index (χ0) is 53.6. The van der Waals surface area contributed by atoms with Crippen LogP contribution in [0.25, 0.3) is 0 Å². The van der Waals surface area contributed by atoms with Gasteiger partial charge in [0.15, 0.2) is 6.10 Å². The molecule has 0 heterocycles. The van der Waals surface area contributed by atoms with Crippen molar-refractivity contribution in [1.29, 1.82) is 0 Å². The molecule has 0 aliphatic carbocycles. The highest BCUT2D eigenvalue weighted by atomic mass is 16.6. The van der Waals surface area contributed by atoms with Crippen molar-refractivity contribution in [1.82, 2.24) is 0 Å². The van der Waals surface area contributed by atoms with Crippen LogP contribution in [0, 0.1) is 0 Å². The first-order valence-electron chi connectivity index (χ1n) is 33.0. The number of ether oxygens (including phenoxy) is 3. The van der Waals surface area contributed by atoms with Crippen LogP contribution in [0.1, 0.15) is 361 Å². The topological polar surface area (TPSA) is 78.9 Å². The zero-order valence-electron chi connectivity index (χ0n) is 49.9. The van der Waals surface area contributed by atoms with Gasteiger partial charge < -0.3 is 14.2 Å². The second kappa shape index (κ2) is 63.2. The number of esters is 3.